The number of hydrogen-bond donors (Lipinski definition) is 3. The number of hydrogen-bond acceptors (Lipinski definition) is 3. The summed E-state index contributed by atoms with van der Waals surface area (Å²) in [5.74, 6) is 0.142. The van der Waals surface area contributed by atoms with Crippen LogP contribution in [-0.2, 0) is 0 Å². The lowest BCUT2D eigenvalue weighted by Gasteiger charge is -2.18. The Bertz CT molecular complexity index is 492. The maximum Gasteiger partial charge on any atom is 0.0679 e. The molecular formula is C12H17N3O. The van der Waals surface area contributed by atoms with Gasteiger partial charge in [0.05, 0.1) is 18.3 Å². The van der Waals surface area contributed by atoms with Crippen LogP contribution in [0.15, 0.2) is 18.3 Å². The van der Waals surface area contributed by atoms with Gasteiger partial charge in [0.1, 0.15) is 0 Å². The van der Waals surface area contributed by atoms with E-state index in [2.05, 4.69) is 22.3 Å². The van der Waals surface area contributed by atoms with Crippen molar-refractivity contribution in [1.82, 2.24) is 10.2 Å². The van der Waals surface area contributed by atoms with E-state index in [4.69, 9.17) is 10.8 Å². The Balaban J connectivity index is 2.45. The summed E-state index contributed by atoms with van der Waals surface area (Å²) >= 11 is 0. The lowest BCUT2D eigenvalue weighted by molar-refractivity contribution is 0.252. The summed E-state index contributed by atoms with van der Waals surface area (Å²) in [7, 11) is 0. The van der Waals surface area contributed by atoms with Crippen molar-refractivity contribution in [2.45, 2.75) is 25.8 Å². The Morgan fingerprint density at radius 1 is 1.50 bits per heavy atom. The van der Waals surface area contributed by atoms with Crippen LogP contribution in [0.4, 0.5) is 0 Å². The van der Waals surface area contributed by atoms with Gasteiger partial charge in [-0.15, -0.1) is 0 Å². The van der Waals surface area contributed by atoms with Crippen LogP contribution in [0, 0.1) is 6.92 Å². The Kier molecular flexibility index (Phi) is 2.94. The summed E-state index contributed by atoms with van der Waals surface area (Å²) in [5, 5.41) is 17.1. The molecule has 16 heavy (non-hydrogen) atoms. The largest absolute Gasteiger partial charge is 0.395 e. The van der Waals surface area contributed by atoms with E-state index in [0.29, 0.717) is 0 Å². The maximum absolute atomic E-state index is 9.07. The molecule has 0 amide bonds. The number of aromatic amines is 1. The SMILES string of the molecule is Cc1cc(C(C)C(N)CO)cc2cn[nH]c12. The van der Waals surface area contributed by atoms with Crippen molar-refractivity contribution in [1.29, 1.82) is 0 Å². The number of H-pyrrole nitrogens is 1. The summed E-state index contributed by atoms with van der Waals surface area (Å²) in [6.07, 6.45) is 1.81. The van der Waals surface area contributed by atoms with Gasteiger partial charge in [0.25, 0.3) is 0 Å². The Morgan fingerprint density at radius 2 is 2.25 bits per heavy atom. The van der Waals surface area contributed by atoms with Crippen molar-refractivity contribution in [3.63, 3.8) is 0 Å². The van der Waals surface area contributed by atoms with Crippen LogP contribution in [0.25, 0.3) is 10.9 Å². The van der Waals surface area contributed by atoms with Gasteiger partial charge in [-0.05, 0) is 30.0 Å². The minimum Gasteiger partial charge on any atom is -0.395 e. The smallest absolute Gasteiger partial charge is 0.0679 e. The number of nitrogens with one attached hydrogen (secondary N) is 1. The Morgan fingerprint density at radius 3 is 2.94 bits per heavy atom. The van der Waals surface area contributed by atoms with E-state index in [1.165, 1.54) is 0 Å². The molecule has 0 saturated heterocycles. The molecule has 0 aliphatic rings. The highest BCUT2D eigenvalue weighted by Crippen LogP contribution is 2.24. The monoisotopic (exact) mass is 219 g/mol. The number of aryl methyl sites for hydroxylation is 1. The number of rotatable bonds is 3. The van der Waals surface area contributed by atoms with Crippen molar-refractivity contribution >= 4 is 10.9 Å². The van der Waals surface area contributed by atoms with Crippen LogP contribution >= 0.6 is 0 Å². The molecule has 2 atom stereocenters. The maximum atomic E-state index is 9.07. The summed E-state index contributed by atoms with van der Waals surface area (Å²) in [4.78, 5) is 0. The van der Waals surface area contributed by atoms with Crippen LogP contribution in [-0.4, -0.2) is 28.0 Å². The molecule has 86 valence electrons. The third-order valence-corrected chi connectivity index (χ3v) is 3.15. The summed E-state index contributed by atoms with van der Waals surface area (Å²) in [6.45, 7) is 4.08. The zero-order valence-electron chi connectivity index (χ0n) is 9.57. The summed E-state index contributed by atoms with van der Waals surface area (Å²) in [5.41, 5.74) is 9.21. The van der Waals surface area contributed by atoms with E-state index in [0.717, 1.165) is 22.0 Å². The van der Waals surface area contributed by atoms with Crippen molar-refractivity contribution < 1.29 is 5.11 Å². The Labute approximate surface area is 94.5 Å². The normalized spacial score (nSPS) is 15.2. The minimum absolute atomic E-state index is 0.00361. The number of nitrogens with zero attached hydrogens (tertiary/aromatic N) is 1. The van der Waals surface area contributed by atoms with Gasteiger partial charge in [-0.25, -0.2) is 0 Å². The van der Waals surface area contributed by atoms with Crippen LogP contribution < -0.4 is 5.73 Å². The number of nitrogens with two attached hydrogens (primary N) is 1. The first-order valence-corrected chi connectivity index (χ1v) is 5.43. The van der Waals surface area contributed by atoms with E-state index in [-0.39, 0.29) is 18.6 Å². The molecule has 4 nitrogen and oxygen atoms in total. The van der Waals surface area contributed by atoms with Gasteiger partial charge >= 0.3 is 0 Å². The van der Waals surface area contributed by atoms with Gasteiger partial charge in [-0.3, -0.25) is 5.10 Å². The van der Waals surface area contributed by atoms with Crippen molar-refractivity contribution in [2.75, 3.05) is 6.61 Å². The van der Waals surface area contributed by atoms with Crippen LogP contribution in [0.3, 0.4) is 0 Å². The van der Waals surface area contributed by atoms with E-state index in [1.807, 2.05) is 20.0 Å². The fourth-order valence-corrected chi connectivity index (χ4v) is 1.93. The molecule has 0 bridgehead atoms. The number of aliphatic hydroxyl groups is 1. The van der Waals surface area contributed by atoms with Crippen LogP contribution in [0.5, 0.6) is 0 Å². The third-order valence-electron chi connectivity index (χ3n) is 3.15. The molecule has 2 rings (SSSR count). The average Bonchev–Trinajstić information content (AvgIpc) is 2.75. The lowest BCUT2D eigenvalue weighted by Crippen LogP contribution is -2.30. The van der Waals surface area contributed by atoms with E-state index < -0.39 is 0 Å². The molecule has 4 N–H and O–H groups in total. The summed E-state index contributed by atoms with van der Waals surface area (Å²) < 4.78 is 0. The fraction of sp³-hybridized carbons (Fsp3) is 0.417. The van der Waals surface area contributed by atoms with E-state index >= 15 is 0 Å². The third kappa shape index (κ3) is 1.81. The van der Waals surface area contributed by atoms with Crippen LogP contribution in [0.1, 0.15) is 24.0 Å². The number of benzene rings is 1. The predicted molar refractivity (Wildman–Crippen MR) is 64.3 cm³/mol. The van der Waals surface area contributed by atoms with E-state index in [9.17, 15) is 0 Å². The highest BCUT2D eigenvalue weighted by molar-refractivity contribution is 5.82. The topological polar surface area (TPSA) is 74.9 Å². The van der Waals surface area contributed by atoms with Crippen molar-refractivity contribution in [3.05, 3.63) is 29.5 Å². The first-order valence-electron chi connectivity index (χ1n) is 5.43. The van der Waals surface area contributed by atoms with Crippen molar-refractivity contribution in [3.8, 4) is 0 Å². The second-order valence-electron chi connectivity index (χ2n) is 4.31. The van der Waals surface area contributed by atoms with E-state index in [1.54, 1.807) is 0 Å². The zero-order chi connectivity index (χ0) is 11.7. The molecule has 4 heteroatoms. The molecule has 0 aliphatic heterocycles. The second kappa shape index (κ2) is 4.23. The lowest BCUT2D eigenvalue weighted by atomic mass is 9.92. The fourth-order valence-electron chi connectivity index (χ4n) is 1.93. The molecule has 1 aromatic carbocycles. The quantitative estimate of drug-likeness (QED) is 0.728. The Hall–Kier alpha value is -1.39. The molecule has 0 radical (unpaired) electrons. The number of fused-ring (bicyclic) bond motifs is 1. The first kappa shape index (κ1) is 11.1. The van der Waals surface area contributed by atoms with Gasteiger partial charge in [0.2, 0.25) is 0 Å². The molecule has 0 aliphatic carbocycles. The molecule has 1 heterocycles. The molecule has 2 aromatic rings. The van der Waals surface area contributed by atoms with Gasteiger partial charge in [-0.1, -0.05) is 13.0 Å². The molecule has 0 saturated carbocycles. The number of aliphatic hydroxyl groups excluding tert-OH is 1. The standard InChI is InChI=1S/C12H17N3O/c1-7-3-9(8(2)11(13)6-16)4-10-5-14-15-12(7)10/h3-5,8,11,16H,6,13H2,1-2H3,(H,14,15). The number of aromatic nitrogens is 2. The highest BCUT2D eigenvalue weighted by atomic mass is 16.3. The highest BCUT2D eigenvalue weighted by Gasteiger charge is 2.15. The van der Waals surface area contributed by atoms with Gasteiger partial charge < -0.3 is 10.8 Å². The molecule has 0 spiro atoms. The van der Waals surface area contributed by atoms with Gasteiger partial charge in [0.15, 0.2) is 0 Å². The summed E-state index contributed by atoms with van der Waals surface area (Å²) in [6, 6.07) is 3.95. The van der Waals surface area contributed by atoms with Gasteiger partial charge in [-0.2, -0.15) is 5.10 Å². The average molecular weight is 219 g/mol. The minimum atomic E-state index is -0.219. The first-order chi connectivity index (χ1) is 7.63. The van der Waals surface area contributed by atoms with Crippen molar-refractivity contribution in [2.24, 2.45) is 5.73 Å². The predicted octanol–water partition coefficient (Wildman–Crippen LogP) is 1.29. The zero-order valence-corrected chi connectivity index (χ0v) is 9.57. The molecule has 0 fully saturated rings. The molecule has 2 unspecified atom stereocenters. The molecular weight excluding hydrogens is 202 g/mol. The van der Waals surface area contributed by atoms with Gasteiger partial charge in [0, 0.05) is 11.4 Å². The molecule has 1 aromatic heterocycles. The van der Waals surface area contributed by atoms with Crippen LogP contribution in [0.2, 0.25) is 0 Å². The second-order valence-corrected chi connectivity index (χ2v) is 4.31.